The molecule has 0 saturated carbocycles. The van der Waals surface area contributed by atoms with Crippen molar-refractivity contribution in [3.63, 3.8) is 0 Å². The summed E-state index contributed by atoms with van der Waals surface area (Å²) >= 11 is 2.84. The fourth-order valence-electron chi connectivity index (χ4n) is 3.01. The maximum atomic E-state index is 12.7. The standard InChI is InChI=1S/C19H25N5O4S2/c1-20-16(25)12-29-19-22-21-18(30-19)24-8-6-23(7-9-24)17(26)11-13-4-5-14(27-2)15(10-13)28-3/h4-5,10H,6-9,11-12H2,1-3H3,(H,20,25). The summed E-state index contributed by atoms with van der Waals surface area (Å²) in [6, 6.07) is 5.54. The highest BCUT2D eigenvalue weighted by molar-refractivity contribution is 8.01. The molecule has 2 aromatic rings. The molecule has 0 unspecified atom stereocenters. The third-order valence-corrected chi connectivity index (χ3v) is 6.82. The summed E-state index contributed by atoms with van der Waals surface area (Å²) in [6.45, 7) is 2.66. The lowest BCUT2D eigenvalue weighted by Crippen LogP contribution is -2.49. The van der Waals surface area contributed by atoms with Crippen LogP contribution in [0, 0.1) is 0 Å². The van der Waals surface area contributed by atoms with E-state index in [1.54, 1.807) is 21.3 Å². The second kappa shape index (κ2) is 10.5. The number of nitrogens with one attached hydrogen (secondary N) is 1. The molecule has 1 N–H and O–H groups in total. The van der Waals surface area contributed by atoms with Gasteiger partial charge in [0.2, 0.25) is 16.9 Å². The monoisotopic (exact) mass is 451 g/mol. The molecule has 2 amide bonds. The van der Waals surface area contributed by atoms with E-state index in [1.165, 1.54) is 23.1 Å². The summed E-state index contributed by atoms with van der Waals surface area (Å²) in [5.74, 6) is 1.63. The molecule has 3 rings (SSSR count). The molecule has 1 aliphatic heterocycles. The molecule has 1 fully saturated rings. The van der Waals surface area contributed by atoms with Gasteiger partial charge in [-0.1, -0.05) is 29.2 Å². The van der Waals surface area contributed by atoms with Crippen molar-refractivity contribution in [2.24, 2.45) is 0 Å². The van der Waals surface area contributed by atoms with E-state index in [9.17, 15) is 9.59 Å². The van der Waals surface area contributed by atoms with Gasteiger partial charge in [-0.3, -0.25) is 9.59 Å². The molecule has 11 heteroatoms. The second-order valence-corrected chi connectivity index (χ2v) is 8.72. The normalized spacial score (nSPS) is 13.8. The fourth-order valence-corrected chi connectivity index (χ4v) is 4.78. The summed E-state index contributed by atoms with van der Waals surface area (Å²) in [6.07, 6.45) is 0.319. The Hall–Kier alpha value is -2.53. The van der Waals surface area contributed by atoms with E-state index in [0.717, 1.165) is 15.0 Å². The van der Waals surface area contributed by atoms with Crippen molar-refractivity contribution in [3.05, 3.63) is 23.8 Å². The van der Waals surface area contributed by atoms with Crippen molar-refractivity contribution in [3.8, 4) is 11.5 Å². The van der Waals surface area contributed by atoms with Crippen molar-refractivity contribution in [1.82, 2.24) is 20.4 Å². The summed E-state index contributed by atoms with van der Waals surface area (Å²) in [7, 11) is 4.78. The van der Waals surface area contributed by atoms with Crippen LogP contribution in [-0.4, -0.2) is 80.1 Å². The van der Waals surface area contributed by atoms with Crippen LogP contribution in [-0.2, 0) is 16.0 Å². The number of amides is 2. The lowest BCUT2D eigenvalue weighted by molar-refractivity contribution is -0.130. The van der Waals surface area contributed by atoms with Crippen molar-refractivity contribution >= 4 is 40.0 Å². The third-order valence-electron chi connectivity index (χ3n) is 4.71. The summed E-state index contributed by atoms with van der Waals surface area (Å²) < 4.78 is 11.3. The van der Waals surface area contributed by atoms with Crippen LogP contribution in [0.15, 0.2) is 22.5 Å². The first kappa shape index (κ1) is 22.2. The zero-order valence-corrected chi connectivity index (χ0v) is 18.8. The zero-order chi connectivity index (χ0) is 21.5. The lowest BCUT2D eigenvalue weighted by atomic mass is 10.1. The Morgan fingerprint density at radius 1 is 1.13 bits per heavy atom. The van der Waals surface area contributed by atoms with Gasteiger partial charge in [0.25, 0.3) is 0 Å². The number of hydrogen-bond acceptors (Lipinski definition) is 9. The van der Waals surface area contributed by atoms with E-state index in [1.807, 2.05) is 23.1 Å². The highest BCUT2D eigenvalue weighted by Gasteiger charge is 2.24. The van der Waals surface area contributed by atoms with E-state index in [2.05, 4.69) is 20.4 Å². The van der Waals surface area contributed by atoms with Crippen LogP contribution in [0.1, 0.15) is 5.56 Å². The van der Waals surface area contributed by atoms with Gasteiger partial charge in [-0.2, -0.15) is 0 Å². The smallest absolute Gasteiger partial charge is 0.230 e. The molecule has 2 heterocycles. The number of piperazine rings is 1. The first-order valence-corrected chi connectivity index (χ1v) is 11.2. The first-order chi connectivity index (χ1) is 14.5. The molecule has 0 bridgehead atoms. The number of rotatable bonds is 8. The Morgan fingerprint density at radius 2 is 1.87 bits per heavy atom. The van der Waals surface area contributed by atoms with Gasteiger partial charge in [0.1, 0.15) is 0 Å². The van der Waals surface area contributed by atoms with E-state index >= 15 is 0 Å². The van der Waals surface area contributed by atoms with Crippen LogP contribution < -0.4 is 19.7 Å². The summed E-state index contributed by atoms with van der Waals surface area (Å²) in [5, 5.41) is 11.8. The zero-order valence-electron chi connectivity index (χ0n) is 17.2. The Kier molecular flexibility index (Phi) is 7.75. The molecule has 0 spiro atoms. The molecule has 1 aromatic carbocycles. The van der Waals surface area contributed by atoms with Crippen molar-refractivity contribution in [2.75, 3.05) is 58.1 Å². The topological polar surface area (TPSA) is 96.9 Å². The number of aromatic nitrogens is 2. The SMILES string of the molecule is CNC(=O)CSc1nnc(N2CCN(C(=O)Cc3ccc(OC)c(OC)c3)CC2)s1. The van der Waals surface area contributed by atoms with Crippen molar-refractivity contribution in [2.45, 2.75) is 10.8 Å². The number of methoxy groups -OCH3 is 2. The molecule has 1 saturated heterocycles. The number of hydrogen-bond donors (Lipinski definition) is 1. The van der Waals surface area contributed by atoms with Crippen LogP contribution in [0.25, 0.3) is 0 Å². The number of nitrogens with zero attached hydrogens (tertiary/aromatic N) is 4. The molecule has 0 atom stereocenters. The summed E-state index contributed by atoms with van der Waals surface area (Å²) in [5.41, 5.74) is 0.891. The van der Waals surface area contributed by atoms with E-state index in [0.29, 0.717) is 49.9 Å². The van der Waals surface area contributed by atoms with E-state index < -0.39 is 0 Å². The van der Waals surface area contributed by atoms with Crippen molar-refractivity contribution < 1.29 is 19.1 Å². The number of benzene rings is 1. The molecular weight excluding hydrogens is 426 g/mol. The first-order valence-electron chi connectivity index (χ1n) is 9.44. The Morgan fingerprint density at radius 3 is 2.53 bits per heavy atom. The highest BCUT2D eigenvalue weighted by Crippen LogP contribution is 2.29. The van der Waals surface area contributed by atoms with Crippen LogP contribution in [0.5, 0.6) is 11.5 Å². The number of anilines is 1. The molecule has 1 aliphatic rings. The molecule has 162 valence electrons. The van der Waals surface area contributed by atoms with E-state index in [4.69, 9.17) is 9.47 Å². The minimum atomic E-state index is -0.0432. The minimum absolute atomic E-state index is 0.0432. The Balaban J connectivity index is 1.51. The second-order valence-electron chi connectivity index (χ2n) is 6.55. The highest BCUT2D eigenvalue weighted by atomic mass is 32.2. The van der Waals surface area contributed by atoms with Gasteiger partial charge in [-0.25, -0.2) is 0 Å². The molecule has 9 nitrogen and oxygen atoms in total. The average molecular weight is 452 g/mol. The quantitative estimate of drug-likeness (QED) is 0.600. The summed E-state index contributed by atoms with van der Waals surface area (Å²) in [4.78, 5) is 28.1. The van der Waals surface area contributed by atoms with Gasteiger partial charge in [0.15, 0.2) is 15.8 Å². The van der Waals surface area contributed by atoms with Crippen LogP contribution in [0.4, 0.5) is 5.13 Å². The van der Waals surface area contributed by atoms with Gasteiger partial charge < -0.3 is 24.6 Å². The predicted molar refractivity (Wildman–Crippen MR) is 117 cm³/mol. The van der Waals surface area contributed by atoms with E-state index in [-0.39, 0.29) is 11.8 Å². The molecule has 1 aromatic heterocycles. The van der Waals surface area contributed by atoms with Gasteiger partial charge in [-0.05, 0) is 17.7 Å². The number of carbonyl (C=O) groups is 2. The van der Waals surface area contributed by atoms with Crippen LogP contribution in [0.3, 0.4) is 0 Å². The Bertz CT molecular complexity index is 884. The lowest BCUT2D eigenvalue weighted by Gasteiger charge is -2.34. The predicted octanol–water partition coefficient (Wildman–Crippen LogP) is 1.28. The maximum absolute atomic E-state index is 12.7. The fraction of sp³-hybridized carbons (Fsp3) is 0.474. The number of carbonyl (C=O) groups excluding carboxylic acids is 2. The minimum Gasteiger partial charge on any atom is -0.493 e. The molecule has 30 heavy (non-hydrogen) atoms. The van der Waals surface area contributed by atoms with Gasteiger partial charge in [-0.15, -0.1) is 10.2 Å². The van der Waals surface area contributed by atoms with Crippen LogP contribution in [0.2, 0.25) is 0 Å². The third kappa shape index (κ3) is 5.54. The maximum Gasteiger partial charge on any atom is 0.230 e. The largest absolute Gasteiger partial charge is 0.493 e. The number of ether oxygens (including phenoxy) is 2. The molecule has 0 radical (unpaired) electrons. The molecular formula is C19H25N5O4S2. The average Bonchev–Trinajstić information content (AvgIpc) is 3.26. The number of thioether (sulfide) groups is 1. The van der Waals surface area contributed by atoms with Crippen LogP contribution >= 0.6 is 23.1 Å². The molecule has 0 aliphatic carbocycles. The van der Waals surface area contributed by atoms with Gasteiger partial charge in [0.05, 0.1) is 26.4 Å². The van der Waals surface area contributed by atoms with Crippen molar-refractivity contribution in [1.29, 1.82) is 0 Å². The van der Waals surface area contributed by atoms with Gasteiger partial charge >= 0.3 is 0 Å². The van der Waals surface area contributed by atoms with Gasteiger partial charge in [0, 0.05) is 33.2 Å². The Labute approximate surface area is 183 Å².